The number of para-hydroxylation sites is 1. The molecule has 5 heterocycles. The molecule has 3 aromatic rings. The van der Waals surface area contributed by atoms with Crippen molar-refractivity contribution in [1.82, 2.24) is 35.0 Å². The van der Waals surface area contributed by atoms with E-state index in [0.717, 1.165) is 81.5 Å². The lowest BCUT2D eigenvalue weighted by molar-refractivity contribution is 0.122. The molecule has 0 aliphatic carbocycles. The summed E-state index contributed by atoms with van der Waals surface area (Å²) < 4.78 is 0. The van der Waals surface area contributed by atoms with Crippen molar-refractivity contribution in [3.8, 4) is 11.3 Å². The monoisotopic (exact) mass is 522 g/mol. The number of hydrogen-bond donors (Lipinski definition) is 3. The Hall–Kier alpha value is -2.88. The first-order chi connectivity index (χ1) is 18.1. The number of H-pyrrole nitrogens is 1. The molecule has 3 saturated heterocycles. The molecule has 0 spiro atoms. The molecular weight excluding hydrogens is 488 g/mol. The minimum absolute atomic E-state index is 0.117. The topological polar surface area (TPSA) is 92.4 Å². The zero-order valence-electron chi connectivity index (χ0n) is 21.1. The first-order valence-electron chi connectivity index (χ1n) is 13.5. The van der Waals surface area contributed by atoms with Gasteiger partial charge >= 0.3 is 6.03 Å². The highest BCUT2D eigenvalue weighted by Gasteiger charge is 2.32. The molecule has 1 aromatic carbocycles. The van der Waals surface area contributed by atoms with E-state index in [2.05, 4.69) is 31.6 Å². The maximum absolute atomic E-state index is 13.2. The van der Waals surface area contributed by atoms with E-state index in [0.29, 0.717) is 29.1 Å². The number of carbonyl (C=O) groups is 1. The third-order valence-electron chi connectivity index (χ3n) is 7.99. The largest absolute Gasteiger partial charge is 0.360 e. The van der Waals surface area contributed by atoms with E-state index in [-0.39, 0.29) is 12.1 Å². The lowest BCUT2D eigenvalue weighted by Gasteiger charge is -2.37. The number of fused-ring (bicyclic) bond motifs is 1. The number of rotatable bonds is 5. The molecule has 3 aliphatic rings. The second-order valence-electron chi connectivity index (χ2n) is 10.5. The van der Waals surface area contributed by atoms with Crippen LogP contribution in [0.1, 0.15) is 19.3 Å². The molecule has 3 aliphatic heterocycles. The molecule has 3 fully saturated rings. The summed E-state index contributed by atoms with van der Waals surface area (Å²) in [5.74, 6) is 1.24. The van der Waals surface area contributed by atoms with Crippen LogP contribution in [0.2, 0.25) is 5.02 Å². The van der Waals surface area contributed by atoms with E-state index in [9.17, 15) is 4.79 Å². The summed E-state index contributed by atoms with van der Waals surface area (Å²) in [5, 5.41) is 8.45. The average Bonchev–Trinajstić information content (AvgIpc) is 3.58. The fraction of sp³-hybridized carbons (Fsp3) is 0.519. The van der Waals surface area contributed by atoms with Gasteiger partial charge in [0.1, 0.15) is 0 Å². The molecule has 3 N–H and O–H groups in total. The molecule has 0 saturated carbocycles. The number of aromatic amines is 1. The van der Waals surface area contributed by atoms with Gasteiger partial charge in [-0.25, -0.2) is 14.8 Å². The number of piperidine rings is 1. The first kappa shape index (κ1) is 24.5. The second kappa shape index (κ2) is 10.8. The number of aromatic nitrogens is 3. The standard InChI is InChI=1S/C27H35ClN8O/c28-23-16-31-26(33-25(23)22-15-30-24-4-2-1-3-21(22)24)32-20-7-12-36(18-20)27(37)35-10-5-19(6-11-35)17-34-13-8-29-9-14-34/h1-4,15-16,19-20,29-30H,5-14,17-18H2,(H,31,32,33). The molecule has 2 amide bonds. The van der Waals surface area contributed by atoms with Crippen LogP contribution >= 0.6 is 11.6 Å². The Morgan fingerprint density at radius 3 is 2.68 bits per heavy atom. The third-order valence-corrected chi connectivity index (χ3v) is 8.27. The molecule has 0 bridgehead atoms. The van der Waals surface area contributed by atoms with E-state index in [1.807, 2.05) is 34.2 Å². The number of urea groups is 1. The first-order valence-corrected chi connectivity index (χ1v) is 13.8. The van der Waals surface area contributed by atoms with Crippen LogP contribution in [0.15, 0.2) is 36.7 Å². The molecule has 0 radical (unpaired) electrons. The Bertz CT molecular complexity index is 1230. The van der Waals surface area contributed by atoms with Crippen molar-refractivity contribution in [2.45, 2.75) is 25.3 Å². The van der Waals surface area contributed by atoms with Crippen molar-refractivity contribution in [3.05, 3.63) is 41.7 Å². The Morgan fingerprint density at radius 1 is 1.05 bits per heavy atom. The Balaban J connectivity index is 1.03. The van der Waals surface area contributed by atoms with Crippen molar-refractivity contribution < 1.29 is 4.79 Å². The minimum Gasteiger partial charge on any atom is -0.360 e. The summed E-state index contributed by atoms with van der Waals surface area (Å²) >= 11 is 6.49. The summed E-state index contributed by atoms with van der Waals surface area (Å²) in [6.07, 6.45) is 6.66. The van der Waals surface area contributed by atoms with Gasteiger partial charge in [-0.15, -0.1) is 0 Å². The van der Waals surface area contributed by atoms with E-state index >= 15 is 0 Å². The van der Waals surface area contributed by atoms with E-state index in [1.54, 1.807) is 6.20 Å². The summed E-state index contributed by atoms with van der Waals surface area (Å²) in [4.78, 5) is 32.3. The van der Waals surface area contributed by atoms with E-state index in [4.69, 9.17) is 16.6 Å². The van der Waals surface area contributed by atoms with Crippen molar-refractivity contribution in [2.75, 3.05) is 64.2 Å². The van der Waals surface area contributed by atoms with Gasteiger partial charge in [0.25, 0.3) is 0 Å². The highest BCUT2D eigenvalue weighted by Crippen LogP contribution is 2.32. The summed E-state index contributed by atoms with van der Waals surface area (Å²) in [7, 11) is 0. The van der Waals surface area contributed by atoms with Crippen LogP contribution < -0.4 is 10.6 Å². The van der Waals surface area contributed by atoms with Gasteiger partial charge in [0.15, 0.2) is 0 Å². The van der Waals surface area contributed by atoms with Gasteiger partial charge in [0.05, 0.1) is 16.9 Å². The normalized spacial score (nSPS) is 21.6. The zero-order valence-corrected chi connectivity index (χ0v) is 21.9. The highest BCUT2D eigenvalue weighted by atomic mass is 35.5. The molecular formula is C27H35ClN8O. The smallest absolute Gasteiger partial charge is 0.320 e. The Labute approximate surface area is 222 Å². The lowest BCUT2D eigenvalue weighted by atomic mass is 9.96. The predicted octanol–water partition coefficient (Wildman–Crippen LogP) is 3.50. The van der Waals surface area contributed by atoms with Crippen LogP contribution in [0, 0.1) is 5.92 Å². The Morgan fingerprint density at radius 2 is 1.84 bits per heavy atom. The van der Waals surface area contributed by atoms with Crippen LogP contribution in [0.3, 0.4) is 0 Å². The van der Waals surface area contributed by atoms with Crippen LogP contribution in [0.4, 0.5) is 10.7 Å². The number of nitrogens with zero attached hydrogens (tertiary/aromatic N) is 5. The molecule has 6 rings (SSSR count). The van der Waals surface area contributed by atoms with Crippen LogP contribution in [0.25, 0.3) is 22.2 Å². The van der Waals surface area contributed by atoms with Crippen molar-refractivity contribution in [2.24, 2.45) is 5.92 Å². The number of halogens is 1. The second-order valence-corrected chi connectivity index (χ2v) is 10.9. The van der Waals surface area contributed by atoms with Crippen LogP contribution in [-0.2, 0) is 0 Å². The molecule has 37 heavy (non-hydrogen) atoms. The number of nitrogens with one attached hydrogen (secondary N) is 3. The predicted molar refractivity (Wildman–Crippen MR) is 147 cm³/mol. The summed E-state index contributed by atoms with van der Waals surface area (Å²) in [6.45, 7) is 8.76. The summed E-state index contributed by atoms with van der Waals surface area (Å²) in [6, 6.07) is 8.38. The molecule has 9 nitrogen and oxygen atoms in total. The van der Waals surface area contributed by atoms with Gasteiger partial charge in [-0.1, -0.05) is 29.8 Å². The van der Waals surface area contributed by atoms with E-state index in [1.165, 1.54) is 6.54 Å². The summed E-state index contributed by atoms with van der Waals surface area (Å²) in [5.41, 5.74) is 2.69. The van der Waals surface area contributed by atoms with Crippen molar-refractivity contribution >= 4 is 34.5 Å². The number of piperazine rings is 1. The Kier molecular flexibility index (Phi) is 7.17. The molecule has 10 heteroatoms. The number of likely N-dealkylation sites (tertiary alicyclic amines) is 2. The zero-order chi connectivity index (χ0) is 25.2. The maximum Gasteiger partial charge on any atom is 0.320 e. The van der Waals surface area contributed by atoms with Crippen molar-refractivity contribution in [3.63, 3.8) is 0 Å². The molecule has 1 unspecified atom stereocenters. The van der Waals surface area contributed by atoms with Gasteiger partial charge < -0.3 is 30.3 Å². The number of carbonyl (C=O) groups excluding carboxylic acids is 1. The van der Waals surface area contributed by atoms with Crippen LogP contribution in [0.5, 0.6) is 0 Å². The third kappa shape index (κ3) is 5.39. The molecule has 1 atom stereocenters. The average molecular weight is 523 g/mol. The van der Waals surface area contributed by atoms with Crippen molar-refractivity contribution in [1.29, 1.82) is 0 Å². The number of hydrogen-bond acceptors (Lipinski definition) is 6. The highest BCUT2D eigenvalue weighted by molar-refractivity contribution is 6.33. The SMILES string of the molecule is O=C(N1CCC(CN2CCNCC2)CC1)N1CCC(Nc2ncc(Cl)c(-c3c[nH]c4ccccc34)n2)C1. The van der Waals surface area contributed by atoms with Crippen LogP contribution in [-0.4, -0.2) is 101 Å². The van der Waals surface area contributed by atoms with Gasteiger partial charge in [-0.2, -0.15) is 0 Å². The number of amides is 2. The van der Waals surface area contributed by atoms with Gasteiger partial charge in [-0.05, 0) is 31.2 Å². The minimum atomic E-state index is 0.117. The molecule has 196 valence electrons. The fourth-order valence-corrected chi connectivity index (χ4v) is 6.09. The fourth-order valence-electron chi connectivity index (χ4n) is 5.89. The quantitative estimate of drug-likeness (QED) is 0.475. The van der Waals surface area contributed by atoms with Gasteiger partial charge in [0, 0.05) is 87.6 Å². The number of benzene rings is 1. The van der Waals surface area contributed by atoms with Gasteiger partial charge in [-0.3, -0.25) is 0 Å². The maximum atomic E-state index is 13.2. The van der Waals surface area contributed by atoms with E-state index < -0.39 is 0 Å². The number of anilines is 1. The lowest BCUT2D eigenvalue weighted by Crippen LogP contribution is -2.49. The van der Waals surface area contributed by atoms with Gasteiger partial charge in [0.2, 0.25) is 5.95 Å². The molecule has 2 aromatic heterocycles.